The van der Waals surface area contributed by atoms with Gasteiger partial charge in [0.25, 0.3) is 5.56 Å². The zero-order chi connectivity index (χ0) is 26.8. The van der Waals surface area contributed by atoms with E-state index in [1.807, 2.05) is 22.9 Å². The molecule has 1 N–H and O–H groups in total. The molecule has 2 aliphatic rings. The van der Waals surface area contributed by atoms with Gasteiger partial charge in [-0.25, -0.2) is 4.68 Å². The normalized spacial score (nSPS) is 18.0. The number of likely N-dealkylation sites (tertiary alicyclic amines) is 1. The van der Waals surface area contributed by atoms with Crippen molar-refractivity contribution in [1.29, 1.82) is 0 Å². The van der Waals surface area contributed by atoms with Crippen molar-refractivity contribution in [2.45, 2.75) is 57.0 Å². The number of fused-ring (bicyclic) bond motifs is 1. The number of nitrogens with one attached hydrogen (secondary N) is 1. The Labute approximate surface area is 228 Å². The van der Waals surface area contributed by atoms with E-state index < -0.39 is 0 Å². The van der Waals surface area contributed by atoms with Gasteiger partial charge in [-0.1, -0.05) is 43.2 Å². The van der Waals surface area contributed by atoms with Crippen LogP contribution < -0.4 is 15.0 Å². The number of hydrogen-bond donors (Lipinski definition) is 1. The van der Waals surface area contributed by atoms with Crippen LogP contribution in [0.15, 0.2) is 53.3 Å². The van der Waals surface area contributed by atoms with Gasteiger partial charge in [0, 0.05) is 17.0 Å². The van der Waals surface area contributed by atoms with Gasteiger partial charge in [-0.05, 0) is 79.2 Å². The Morgan fingerprint density at radius 2 is 1.69 bits per heavy atom. The molecule has 2 aromatic carbocycles. The van der Waals surface area contributed by atoms with Crippen molar-refractivity contribution < 1.29 is 9.47 Å². The molecule has 1 atom stereocenters. The second-order valence-electron chi connectivity index (χ2n) is 10.8. The van der Waals surface area contributed by atoms with E-state index in [0.717, 1.165) is 56.4 Å². The van der Waals surface area contributed by atoms with Crippen LogP contribution in [0.4, 0.5) is 0 Å². The zero-order valence-corrected chi connectivity index (χ0v) is 22.7. The second-order valence-corrected chi connectivity index (χ2v) is 10.8. The van der Waals surface area contributed by atoms with Crippen LogP contribution in [0.2, 0.25) is 0 Å². The summed E-state index contributed by atoms with van der Waals surface area (Å²) in [6, 6.07) is 16.4. The first-order chi connectivity index (χ1) is 19.1. The first-order valence-electron chi connectivity index (χ1n) is 14.0. The summed E-state index contributed by atoms with van der Waals surface area (Å²) >= 11 is 0. The van der Waals surface area contributed by atoms with Gasteiger partial charge < -0.3 is 14.5 Å². The summed E-state index contributed by atoms with van der Waals surface area (Å²) in [5, 5.41) is 14.0. The molecule has 4 aromatic rings. The molecular weight excluding hydrogens is 492 g/mol. The quantitative estimate of drug-likeness (QED) is 0.354. The van der Waals surface area contributed by atoms with E-state index in [9.17, 15) is 4.79 Å². The van der Waals surface area contributed by atoms with Crippen LogP contribution in [-0.4, -0.2) is 57.4 Å². The summed E-state index contributed by atoms with van der Waals surface area (Å²) in [6.45, 7) is 1.76. The fourth-order valence-corrected chi connectivity index (χ4v) is 6.40. The van der Waals surface area contributed by atoms with Crippen LogP contribution >= 0.6 is 0 Å². The Bertz CT molecular complexity index is 1470. The number of hydrogen-bond acceptors (Lipinski definition) is 7. The molecule has 1 saturated carbocycles. The highest BCUT2D eigenvalue weighted by atomic mass is 16.5. The van der Waals surface area contributed by atoms with E-state index in [1.54, 1.807) is 14.2 Å². The maximum Gasteiger partial charge on any atom is 0.253 e. The number of H-pyrrole nitrogens is 1. The molecule has 6 rings (SSSR count). The molecule has 9 heteroatoms. The molecule has 0 amide bonds. The van der Waals surface area contributed by atoms with Gasteiger partial charge in [0.1, 0.15) is 6.04 Å². The number of benzene rings is 2. The molecule has 0 spiro atoms. The van der Waals surface area contributed by atoms with Crippen LogP contribution in [0.3, 0.4) is 0 Å². The molecule has 3 heterocycles. The van der Waals surface area contributed by atoms with Gasteiger partial charge in [0.2, 0.25) is 0 Å². The van der Waals surface area contributed by atoms with E-state index in [1.165, 1.54) is 18.4 Å². The lowest BCUT2D eigenvalue weighted by Crippen LogP contribution is -2.41. The molecule has 1 aliphatic heterocycles. The summed E-state index contributed by atoms with van der Waals surface area (Å²) in [5.74, 6) is 2.57. The van der Waals surface area contributed by atoms with Gasteiger partial charge in [-0.15, -0.1) is 5.10 Å². The minimum atomic E-state index is -0.334. The molecule has 1 aliphatic carbocycles. The fraction of sp³-hybridized carbons (Fsp3) is 0.467. The average molecular weight is 529 g/mol. The molecule has 1 unspecified atom stereocenters. The van der Waals surface area contributed by atoms with Crippen molar-refractivity contribution >= 4 is 10.9 Å². The van der Waals surface area contributed by atoms with Crippen molar-refractivity contribution in [3.63, 3.8) is 0 Å². The van der Waals surface area contributed by atoms with Crippen LogP contribution in [0, 0.1) is 5.92 Å². The summed E-state index contributed by atoms with van der Waals surface area (Å²) < 4.78 is 13.0. The van der Waals surface area contributed by atoms with Crippen molar-refractivity contribution in [2.75, 3.05) is 27.3 Å². The van der Waals surface area contributed by atoms with Crippen molar-refractivity contribution in [3.8, 4) is 11.5 Å². The molecule has 2 fully saturated rings. The SMILES string of the molecule is COc1cc2cc(C(c3nnnn3C3CCCC3)N3CCC(Cc4ccccc4)CC3)c(=O)[nH]c2cc1OC. The molecule has 9 nitrogen and oxygen atoms in total. The molecule has 2 aromatic heterocycles. The first-order valence-corrected chi connectivity index (χ1v) is 14.0. The van der Waals surface area contributed by atoms with Crippen LogP contribution in [-0.2, 0) is 6.42 Å². The predicted molar refractivity (Wildman–Crippen MR) is 149 cm³/mol. The highest BCUT2D eigenvalue weighted by Crippen LogP contribution is 2.37. The molecule has 39 heavy (non-hydrogen) atoms. The lowest BCUT2D eigenvalue weighted by atomic mass is 9.89. The predicted octanol–water partition coefficient (Wildman–Crippen LogP) is 4.69. The maximum atomic E-state index is 13.7. The first kappa shape index (κ1) is 25.6. The number of nitrogens with zero attached hydrogens (tertiary/aromatic N) is 5. The molecular formula is C30H36N6O3. The van der Waals surface area contributed by atoms with Crippen LogP contribution in [0.5, 0.6) is 11.5 Å². The number of ether oxygens (including phenoxy) is 2. The molecule has 204 valence electrons. The minimum absolute atomic E-state index is 0.132. The lowest BCUT2D eigenvalue weighted by Gasteiger charge is -2.37. The molecule has 0 bridgehead atoms. The van der Waals surface area contributed by atoms with E-state index in [4.69, 9.17) is 9.47 Å². The van der Waals surface area contributed by atoms with E-state index in [0.29, 0.717) is 28.5 Å². The Morgan fingerprint density at radius 1 is 0.974 bits per heavy atom. The van der Waals surface area contributed by atoms with Gasteiger partial charge >= 0.3 is 0 Å². The maximum absolute atomic E-state index is 13.7. The lowest BCUT2D eigenvalue weighted by molar-refractivity contribution is 0.141. The fourth-order valence-electron chi connectivity index (χ4n) is 6.40. The van der Waals surface area contributed by atoms with Crippen molar-refractivity contribution in [1.82, 2.24) is 30.1 Å². The molecule has 0 radical (unpaired) electrons. The smallest absolute Gasteiger partial charge is 0.253 e. The number of aromatic nitrogens is 5. The third kappa shape index (κ3) is 5.15. The highest BCUT2D eigenvalue weighted by Gasteiger charge is 2.35. The summed E-state index contributed by atoms with van der Waals surface area (Å²) in [6.07, 6.45) is 7.69. The standard InChI is InChI=1S/C30H36N6O3/c1-38-26-18-22-17-24(30(37)31-25(22)19-27(26)39-2)28(29-32-33-34-36(29)23-10-6-7-11-23)35-14-12-21(13-15-35)16-20-8-4-3-5-9-20/h3-5,8-9,17-19,21,23,28H,6-7,10-16H2,1-2H3,(H,31,37). The summed E-state index contributed by atoms with van der Waals surface area (Å²) in [7, 11) is 3.21. The molecule has 1 saturated heterocycles. The zero-order valence-electron chi connectivity index (χ0n) is 22.7. The summed E-state index contributed by atoms with van der Waals surface area (Å²) in [5.41, 5.74) is 2.61. The Morgan fingerprint density at radius 3 is 2.41 bits per heavy atom. The van der Waals surface area contributed by atoms with Crippen molar-refractivity contribution in [3.05, 3.63) is 75.8 Å². The van der Waals surface area contributed by atoms with Gasteiger partial charge in [0.15, 0.2) is 17.3 Å². The largest absolute Gasteiger partial charge is 0.493 e. The minimum Gasteiger partial charge on any atom is -0.493 e. The number of piperidine rings is 1. The monoisotopic (exact) mass is 528 g/mol. The number of aromatic amines is 1. The van der Waals surface area contributed by atoms with Gasteiger partial charge in [-0.2, -0.15) is 0 Å². The van der Waals surface area contributed by atoms with Crippen molar-refractivity contribution in [2.24, 2.45) is 5.92 Å². The van der Waals surface area contributed by atoms with Gasteiger partial charge in [-0.3, -0.25) is 9.69 Å². The summed E-state index contributed by atoms with van der Waals surface area (Å²) in [4.78, 5) is 19.2. The third-order valence-corrected chi connectivity index (χ3v) is 8.49. The number of methoxy groups -OCH3 is 2. The van der Waals surface area contributed by atoms with Crippen LogP contribution in [0.25, 0.3) is 10.9 Å². The highest BCUT2D eigenvalue weighted by molar-refractivity contribution is 5.83. The second kappa shape index (κ2) is 11.2. The van der Waals surface area contributed by atoms with Gasteiger partial charge in [0.05, 0.1) is 25.8 Å². The van der Waals surface area contributed by atoms with E-state index in [-0.39, 0.29) is 17.6 Å². The average Bonchev–Trinajstić information content (AvgIpc) is 3.67. The number of pyridine rings is 1. The van der Waals surface area contributed by atoms with E-state index in [2.05, 4.69) is 55.7 Å². The number of tetrazole rings is 1. The topological polar surface area (TPSA) is 98.2 Å². The Kier molecular flexibility index (Phi) is 7.32. The van der Waals surface area contributed by atoms with E-state index >= 15 is 0 Å². The number of rotatable bonds is 8. The third-order valence-electron chi connectivity index (χ3n) is 8.49. The Balaban J connectivity index is 1.37. The Hall–Kier alpha value is -3.72. The van der Waals surface area contributed by atoms with Crippen LogP contribution in [0.1, 0.15) is 67.6 Å².